The molecule has 0 bridgehead atoms. The number of hydrogen-bond donors (Lipinski definition) is 2. The minimum atomic E-state index is -1.10. The lowest BCUT2D eigenvalue weighted by Crippen LogP contribution is -2.30. The van der Waals surface area contributed by atoms with Crippen LogP contribution in [0.4, 0.5) is 15.8 Å². The first-order valence-corrected chi connectivity index (χ1v) is 7.93. The normalized spacial score (nSPS) is 11.0. The van der Waals surface area contributed by atoms with E-state index in [-0.39, 0.29) is 17.7 Å². The summed E-state index contributed by atoms with van der Waals surface area (Å²) in [4.78, 5) is 35.5. The summed E-state index contributed by atoms with van der Waals surface area (Å²) < 4.78 is 18.2. The van der Waals surface area contributed by atoms with Gasteiger partial charge in [-0.25, -0.2) is 9.18 Å². The molecule has 0 aliphatic carbocycles. The molecule has 0 radical (unpaired) electrons. The lowest BCUT2D eigenvalue weighted by atomic mass is 10.2. The van der Waals surface area contributed by atoms with Crippen molar-refractivity contribution in [3.8, 4) is 6.07 Å². The van der Waals surface area contributed by atoms with E-state index in [4.69, 9.17) is 10.00 Å². The monoisotopic (exact) mass is 369 g/mol. The van der Waals surface area contributed by atoms with Crippen molar-refractivity contribution in [2.75, 3.05) is 10.6 Å². The maximum atomic E-state index is 13.1. The second-order valence-corrected chi connectivity index (χ2v) is 5.51. The van der Waals surface area contributed by atoms with Gasteiger partial charge in [-0.2, -0.15) is 5.26 Å². The highest BCUT2D eigenvalue weighted by Crippen LogP contribution is 2.13. The van der Waals surface area contributed by atoms with Gasteiger partial charge in [-0.15, -0.1) is 0 Å². The van der Waals surface area contributed by atoms with Gasteiger partial charge in [0.25, 0.3) is 5.91 Å². The number of nitrogens with zero attached hydrogens (tertiary/aromatic N) is 1. The molecule has 2 rings (SSSR count). The highest BCUT2D eigenvalue weighted by molar-refractivity contribution is 5.98. The Bertz CT molecular complexity index is 891. The maximum absolute atomic E-state index is 13.1. The molecule has 8 heteroatoms. The van der Waals surface area contributed by atoms with Gasteiger partial charge in [0.1, 0.15) is 12.2 Å². The zero-order chi connectivity index (χ0) is 19.8. The van der Waals surface area contributed by atoms with Crippen molar-refractivity contribution in [2.24, 2.45) is 0 Å². The first-order valence-electron chi connectivity index (χ1n) is 7.93. The fourth-order valence-corrected chi connectivity index (χ4v) is 2.06. The molecule has 0 saturated carbocycles. The summed E-state index contributed by atoms with van der Waals surface area (Å²) in [5.74, 6) is -2.30. The molecule has 1 atom stereocenters. The molecule has 2 amide bonds. The molecule has 2 aromatic rings. The van der Waals surface area contributed by atoms with Crippen LogP contribution in [0.3, 0.4) is 0 Å². The molecule has 0 fully saturated rings. The van der Waals surface area contributed by atoms with Crippen molar-refractivity contribution < 1.29 is 23.5 Å². The van der Waals surface area contributed by atoms with Crippen molar-refractivity contribution in [1.82, 2.24) is 0 Å². The van der Waals surface area contributed by atoms with Crippen LogP contribution >= 0.6 is 0 Å². The third-order valence-electron chi connectivity index (χ3n) is 3.39. The topological polar surface area (TPSA) is 108 Å². The van der Waals surface area contributed by atoms with Crippen LogP contribution in [0.25, 0.3) is 0 Å². The first kappa shape index (κ1) is 19.6. The summed E-state index contributed by atoms with van der Waals surface area (Å²) in [5, 5.41) is 13.4. The predicted octanol–water partition coefficient (Wildman–Crippen LogP) is 2.86. The Hall–Kier alpha value is -3.73. The Morgan fingerprint density at radius 1 is 1.11 bits per heavy atom. The zero-order valence-electron chi connectivity index (χ0n) is 14.4. The lowest BCUT2D eigenvalue weighted by Gasteiger charge is -2.14. The highest BCUT2D eigenvalue weighted by atomic mass is 19.1. The Balaban J connectivity index is 1.92. The maximum Gasteiger partial charge on any atom is 0.338 e. The second-order valence-electron chi connectivity index (χ2n) is 5.51. The van der Waals surface area contributed by atoms with E-state index in [2.05, 4.69) is 10.6 Å². The largest absolute Gasteiger partial charge is 0.449 e. The number of nitrogens with one attached hydrogen (secondary N) is 2. The molecule has 0 aliphatic rings. The molecule has 0 aromatic heterocycles. The zero-order valence-corrected chi connectivity index (χ0v) is 14.4. The molecule has 27 heavy (non-hydrogen) atoms. The number of rotatable bonds is 6. The first-order chi connectivity index (χ1) is 12.9. The summed E-state index contributed by atoms with van der Waals surface area (Å²) >= 11 is 0. The number of ether oxygens (including phenoxy) is 1. The van der Waals surface area contributed by atoms with E-state index in [0.29, 0.717) is 5.69 Å². The summed E-state index contributed by atoms with van der Waals surface area (Å²) in [7, 11) is 0. The lowest BCUT2D eigenvalue weighted by molar-refractivity contribution is -0.123. The summed E-state index contributed by atoms with van der Waals surface area (Å²) in [6, 6.07) is 12.9. The molecule has 0 heterocycles. The Morgan fingerprint density at radius 3 is 2.44 bits per heavy atom. The SMILES string of the molecule is CC(OC(=O)c1ccc(NC(=O)CC#N)cc1)C(=O)Nc1cccc(F)c1. The minimum absolute atomic E-state index is 0.179. The van der Waals surface area contributed by atoms with Gasteiger partial charge in [-0.05, 0) is 49.4 Å². The van der Waals surface area contributed by atoms with E-state index >= 15 is 0 Å². The van der Waals surface area contributed by atoms with Crippen LogP contribution in [-0.2, 0) is 14.3 Å². The number of halogens is 1. The number of carbonyl (C=O) groups excluding carboxylic acids is 3. The molecule has 1 unspecified atom stereocenters. The number of esters is 1. The van der Waals surface area contributed by atoms with Crippen LogP contribution in [-0.4, -0.2) is 23.9 Å². The number of hydrogen-bond acceptors (Lipinski definition) is 5. The van der Waals surface area contributed by atoms with Crippen LogP contribution in [0.15, 0.2) is 48.5 Å². The minimum Gasteiger partial charge on any atom is -0.449 e. The van der Waals surface area contributed by atoms with E-state index < -0.39 is 29.7 Å². The van der Waals surface area contributed by atoms with Crippen LogP contribution in [0.2, 0.25) is 0 Å². The van der Waals surface area contributed by atoms with Gasteiger partial charge in [-0.1, -0.05) is 6.07 Å². The fraction of sp³-hybridized carbons (Fsp3) is 0.158. The van der Waals surface area contributed by atoms with Crippen molar-refractivity contribution in [1.29, 1.82) is 5.26 Å². The van der Waals surface area contributed by atoms with Crippen LogP contribution < -0.4 is 10.6 Å². The quantitative estimate of drug-likeness (QED) is 0.761. The molecule has 0 saturated heterocycles. The van der Waals surface area contributed by atoms with Crippen molar-refractivity contribution in [3.63, 3.8) is 0 Å². The average Bonchev–Trinajstić information content (AvgIpc) is 2.62. The van der Waals surface area contributed by atoms with Crippen LogP contribution in [0, 0.1) is 17.1 Å². The smallest absolute Gasteiger partial charge is 0.338 e. The number of amides is 2. The number of benzene rings is 2. The van der Waals surface area contributed by atoms with E-state index in [0.717, 1.165) is 6.07 Å². The molecule has 2 N–H and O–H groups in total. The van der Waals surface area contributed by atoms with E-state index in [1.165, 1.54) is 49.4 Å². The third kappa shape index (κ3) is 5.93. The van der Waals surface area contributed by atoms with E-state index in [1.54, 1.807) is 6.07 Å². The average molecular weight is 369 g/mol. The molecule has 0 spiro atoms. The third-order valence-corrected chi connectivity index (χ3v) is 3.39. The second kappa shape index (κ2) is 9.10. The van der Waals surface area contributed by atoms with Gasteiger partial charge in [0.05, 0.1) is 11.6 Å². The highest BCUT2D eigenvalue weighted by Gasteiger charge is 2.19. The van der Waals surface area contributed by atoms with E-state index in [9.17, 15) is 18.8 Å². The number of anilines is 2. The number of nitriles is 1. The Morgan fingerprint density at radius 2 is 1.81 bits per heavy atom. The van der Waals surface area contributed by atoms with Gasteiger partial charge in [0.15, 0.2) is 6.10 Å². The van der Waals surface area contributed by atoms with Gasteiger partial charge >= 0.3 is 5.97 Å². The summed E-state index contributed by atoms with van der Waals surface area (Å²) in [5.41, 5.74) is 0.850. The van der Waals surface area contributed by atoms with Gasteiger partial charge < -0.3 is 15.4 Å². The molecule has 2 aromatic carbocycles. The van der Waals surface area contributed by atoms with Crippen LogP contribution in [0.1, 0.15) is 23.7 Å². The molecule has 0 aliphatic heterocycles. The van der Waals surface area contributed by atoms with Crippen LogP contribution in [0.5, 0.6) is 0 Å². The summed E-state index contributed by atoms with van der Waals surface area (Å²) in [6.07, 6.45) is -1.38. The molecule has 138 valence electrons. The number of carbonyl (C=O) groups is 3. The summed E-state index contributed by atoms with van der Waals surface area (Å²) in [6.45, 7) is 1.39. The Kier molecular flexibility index (Phi) is 6.61. The fourth-order valence-electron chi connectivity index (χ4n) is 2.06. The molecule has 7 nitrogen and oxygen atoms in total. The molecular formula is C19H16FN3O4. The van der Waals surface area contributed by atoms with E-state index in [1.807, 2.05) is 0 Å². The Labute approximate surface area is 154 Å². The van der Waals surface area contributed by atoms with Crippen molar-refractivity contribution in [2.45, 2.75) is 19.4 Å². The van der Waals surface area contributed by atoms with Gasteiger partial charge in [0.2, 0.25) is 5.91 Å². The molecular weight excluding hydrogens is 353 g/mol. The van der Waals surface area contributed by atoms with Crippen molar-refractivity contribution >= 4 is 29.2 Å². The van der Waals surface area contributed by atoms with Gasteiger partial charge in [-0.3, -0.25) is 9.59 Å². The van der Waals surface area contributed by atoms with Gasteiger partial charge in [0, 0.05) is 11.4 Å². The standard InChI is InChI=1S/C19H16FN3O4/c1-12(18(25)23-16-4-2-3-14(20)11-16)27-19(26)13-5-7-15(8-6-13)22-17(24)9-10-21/h2-8,11-12H,9H2,1H3,(H,22,24)(H,23,25). The predicted molar refractivity (Wildman–Crippen MR) is 95.2 cm³/mol. The van der Waals surface area contributed by atoms with Crippen molar-refractivity contribution in [3.05, 3.63) is 59.9 Å².